The van der Waals surface area contributed by atoms with Crippen LogP contribution < -0.4 is 0 Å². The third kappa shape index (κ3) is 3.36. The molecule has 90 valence electrons. The normalized spacial score (nSPS) is 25.6. The first-order valence-corrected chi connectivity index (χ1v) is 5.08. The van der Waals surface area contributed by atoms with Crippen LogP contribution in [0.25, 0.3) is 0 Å². The van der Waals surface area contributed by atoms with E-state index in [1.54, 1.807) is 0 Å². The lowest BCUT2D eigenvalue weighted by molar-refractivity contribution is -0.361. The van der Waals surface area contributed by atoms with Crippen LogP contribution in [0.1, 0.15) is 20.8 Å². The molecule has 0 N–H and O–H groups in total. The Hall–Kier alpha value is -0.260. The Balaban J connectivity index is 2.53. The maximum Gasteiger partial charge on any atom is 0.362 e. The number of likely N-dealkylation sites (N-methyl/N-ethyl adjacent to an activating group) is 1. The fourth-order valence-electron chi connectivity index (χ4n) is 1.15. The van der Waals surface area contributed by atoms with Crippen LogP contribution in [0.2, 0.25) is 0 Å². The van der Waals surface area contributed by atoms with Gasteiger partial charge in [-0.25, -0.2) is 0 Å². The van der Waals surface area contributed by atoms with Gasteiger partial charge < -0.3 is 4.74 Å². The number of halogens is 2. The SMILES string of the molecule is CN1CCOC(OC(F)(F)C(C)(C)C)C1. The van der Waals surface area contributed by atoms with Gasteiger partial charge in [-0.15, -0.1) is 0 Å². The molecule has 0 spiro atoms. The van der Waals surface area contributed by atoms with Crippen LogP contribution in [-0.4, -0.2) is 44.0 Å². The number of hydrogen-bond acceptors (Lipinski definition) is 3. The Morgan fingerprint density at radius 2 is 1.93 bits per heavy atom. The van der Waals surface area contributed by atoms with Gasteiger partial charge in [-0.05, 0) is 7.05 Å². The van der Waals surface area contributed by atoms with Crippen molar-refractivity contribution in [1.29, 1.82) is 0 Å². The van der Waals surface area contributed by atoms with Crippen molar-refractivity contribution < 1.29 is 18.3 Å². The summed E-state index contributed by atoms with van der Waals surface area (Å²) in [5, 5.41) is 0. The lowest BCUT2D eigenvalue weighted by Crippen LogP contribution is -2.47. The molecule has 3 nitrogen and oxygen atoms in total. The molecule has 0 aromatic heterocycles. The Bertz CT molecular complexity index is 216. The average molecular weight is 223 g/mol. The number of hydrogen-bond donors (Lipinski definition) is 0. The zero-order valence-corrected chi connectivity index (χ0v) is 9.72. The van der Waals surface area contributed by atoms with Gasteiger partial charge in [0, 0.05) is 13.1 Å². The van der Waals surface area contributed by atoms with E-state index in [2.05, 4.69) is 0 Å². The van der Waals surface area contributed by atoms with E-state index in [4.69, 9.17) is 9.47 Å². The summed E-state index contributed by atoms with van der Waals surface area (Å²) in [6.07, 6.45) is -4.01. The molecular weight excluding hydrogens is 204 g/mol. The highest BCUT2D eigenvalue weighted by Gasteiger charge is 2.47. The highest BCUT2D eigenvalue weighted by atomic mass is 19.3. The molecule has 0 aromatic rings. The topological polar surface area (TPSA) is 21.7 Å². The molecule has 0 bridgehead atoms. The molecule has 0 amide bonds. The molecule has 1 saturated heterocycles. The highest BCUT2D eigenvalue weighted by Crippen LogP contribution is 2.37. The summed E-state index contributed by atoms with van der Waals surface area (Å²) < 4.78 is 36.9. The van der Waals surface area contributed by atoms with Crippen molar-refractivity contribution in [2.75, 3.05) is 26.7 Å². The Morgan fingerprint density at radius 3 is 2.40 bits per heavy atom. The fraction of sp³-hybridized carbons (Fsp3) is 1.00. The maximum absolute atomic E-state index is 13.5. The Labute approximate surface area is 89.3 Å². The van der Waals surface area contributed by atoms with Crippen LogP contribution >= 0.6 is 0 Å². The third-order valence-corrected chi connectivity index (χ3v) is 2.39. The van der Waals surface area contributed by atoms with Crippen molar-refractivity contribution in [3.63, 3.8) is 0 Å². The second-order valence-corrected chi connectivity index (χ2v) is 4.95. The van der Waals surface area contributed by atoms with E-state index in [-0.39, 0.29) is 0 Å². The van der Waals surface area contributed by atoms with Gasteiger partial charge in [-0.1, -0.05) is 20.8 Å². The minimum absolute atomic E-state index is 0.381. The molecule has 0 saturated carbocycles. The van der Waals surface area contributed by atoms with Gasteiger partial charge in [-0.2, -0.15) is 8.78 Å². The van der Waals surface area contributed by atoms with Crippen molar-refractivity contribution in [2.24, 2.45) is 5.41 Å². The van der Waals surface area contributed by atoms with Gasteiger partial charge in [0.1, 0.15) is 0 Å². The van der Waals surface area contributed by atoms with Gasteiger partial charge in [0.15, 0.2) is 6.29 Å². The molecule has 1 heterocycles. The largest absolute Gasteiger partial charge is 0.362 e. The average Bonchev–Trinajstić information content (AvgIpc) is 2.00. The number of nitrogens with zero attached hydrogens (tertiary/aromatic N) is 1. The molecular formula is C10H19F2NO2. The fourth-order valence-corrected chi connectivity index (χ4v) is 1.15. The number of morpholine rings is 1. The summed E-state index contributed by atoms with van der Waals surface area (Å²) in [6, 6.07) is 0. The summed E-state index contributed by atoms with van der Waals surface area (Å²) >= 11 is 0. The van der Waals surface area contributed by atoms with E-state index in [1.165, 1.54) is 20.8 Å². The summed E-state index contributed by atoms with van der Waals surface area (Å²) in [6.45, 7) is 5.90. The molecule has 1 aliphatic heterocycles. The summed E-state index contributed by atoms with van der Waals surface area (Å²) in [7, 11) is 1.86. The third-order valence-electron chi connectivity index (χ3n) is 2.39. The quantitative estimate of drug-likeness (QED) is 0.714. The van der Waals surface area contributed by atoms with Crippen LogP contribution in [0.3, 0.4) is 0 Å². The molecule has 1 unspecified atom stereocenters. The second kappa shape index (κ2) is 4.31. The molecule has 15 heavy (non-hydrogen) atoms. The number of ether oxygens (including phenoxy) is 2. The van der Waals surface area contributed by atoms with E-state index < -0.39 is 17.8 Å². The molecule has 0 aliphatic carbocycles. The molecule has 0 aromatic carbocycles. The summed E-state index contributed by atoms with van der Waals surface area (Å²) in [5.41, 5.74) is -1.22. The van der Waals surface area contributed by atoms with Crippen molar-refractivity contribution >= 4 is 0 Å². The summed E-state index contributed by atoms with van der Waals surface area (Å²) in [4.78, 5) is 1.91. The lowest BCUT2D eigenvalue weighted by atomic mass is 9.95. The highest BCUT2D eigenvalue weighted by molar-refractivity contribution is 4.74. The monoisotopic (exact) mass is 223 g/mol. The zero-order valence-electron chi connectivity index (χ0n) is 9.72. The van der Waals surface area contributed by atoms with Gasteiger partial charge in [-0.3, -0.25) is 9.64 Å². The first kappa shape index (κ1) is 12.8. The van der Waals surface area contributed by atoms with E-state index in [9.17, 15) is 8.78 Å². The number of alkyl halides is 2. The first-order chi connectivity index (χ1) is 6.72. The van der Waals surface area contributed by atoms with Gasteiger partial charge in [0.25, 0.3) is 0 Å². The van der Waals surface area contributed by atoms with Crippen molar-refractivity contribution in [3.05, 3.63) is 0 Å². The molecule has 1 rings (SSSR count). The molecule has 1 fully saturated rings. The zero-order chi connectivity index (χ0) is 11.7. The molecule has 0 radical (unpaired) electrons. The number of rotatable bonds is 2. The van der Waals surface area contributed by atoms with Gasteiger partial charge in [0.05, 0.1) is 12.0 Å². The van der Waals surface area contributed by atoms with Crippen LogP contribution in [-0.2, 0) is 9.47 Å². The first-order valence-electron chi connectivity index (χ1n) is 5.08. The molecule has 1 atom stereocenters. The Kier molecular flexibility index (Phi) is 3.68. The maximum atomic E-state index is 13.5. The lowest BCUT2D eigenvalue weighted by Gasteiger charge is -2.36. The Morgan fingerprint density at radius 1 is 1.33 bits per heavy atom. The van der Waals surface area contributed by atoms with E-state index in [0.29, 0.717) is 13.2 Å². The van der Waals surface area contributed by atoms with Gasteiger partial charge >= 0.3 is 6.11 Å². The van der Waals surface area contributed by atoms with Crippen molar-refractivity contribution in [1.82, 2.24) is 4.90 Å². The van der Waals surface area contributed by atoms with Crippen molar-refractivity contribution in [3.8, 4) is 0 Å². The van der Waals surface area contributed by atoms with Crippen LogP contribution in [0.4, 0.5) is 8.78 Å². The smallest absolute Gasteiger partial charge is 0.350 e. The minimum Gasteiger partial charge on any atom is -0.350 e. The van der Waals surface area contributed by atoms with Gasteiger partial charge in [0.2, 0.25) is 0 Å². The predicted molar refractivity (Wildman–Crippen MR) is 52.7 cm³/mol. The van der Waals surface area contributed by atoms with Crippen molar-refractivity contribution in [2.45, 2.75) is 33.2 Å². The standard InChI is InChI=1S/C10H19F2NO2/c1-9(2,3)10(11,12)15-8-7-13(4)5-6-14-8/h8H,5-7H2,1-4H3. The van der Waals surface area contributed by atoms with Crippen LogP contribution in [0, 0.1) is 5.41 Å². The minimum atomic E-state index is -3.17. The predicted octanol–water partition coefficient (Wildman–Crippen LogP) is 1.93. The van der Waals surface area contributed by atoms with E-state index in [1.807, 2.05) is 11.9 Å². The van der Waals surface area contributed by atoms with E-state index in [0.717, 1.165) is 6.54 Å². The molecule has 1 aliphatic rings. The second-order valence-electron chi connectivity index (χ2n) is 4.95. The van der Waals surface area contributed by atoms with Crippen LogP contribution in [0.5, 0.6) is 0 Å². The van der Waals surface area contributed by atoms with E-state index >= 15 is 0 Å². The van der Waals surface area contributed by atoms with Crippen LogP contribution in [0.15, 0.2) is 0 Å². The summed E-state index contributed by atoms with van der Waals surface area (Å²) in [5.74, 6) is 0. The molecule has 5 heteroatoms.